The van der Waals surface area contributed by atoms with Crippen LogP contribution in [0.15, 0.2) is 47.8 Å². The van der Waals surface area contributed by atoms with Crippen molar-refractivity contribution < 1.29 is 14.4 Å². The van der Waals surface area contributed by atoms with Crippen molar-refractivity contribution in [2.45, 2.75) is 44.9 Å². The molecule has 8 nitrogen and oxygen atoms in total. The lowest BCUT2D eigenvalue weighted by atomic mass is 10.0. The fourth-order valence-corrected chi connectivity index (χ4v) is 5.44. The minimum absolute atomic E-state index is 0.0395. The number of thiophene rings is 1. The Morgan fingerprint density at radius 3 is 2.69 bits per heavy atom. The first-order chi connectivity index (χ1) is 17.0. The molecule has 2 aliphatic heterocycles. The van der Waals surface area contributed by atoms with Gasteiger partial charge in [0, 0.05) is 18.0 Å². The van der Waals surface area contributed by atoms with Gasteiger partial charge in [0.05, 0.1) is 19.6 Å². The zero-order valence-electron chi connectivity index (χ0n) is 19.9. The van der Waals surface area contributed by atoms with E-state index < -0.39 is 12.2 Å². The zero-order chi connectivity index (χ0) is 24.8. The van der Waals surface area contributed by atoms with Gasteiger partial charge in [0.1, 0.15) is 12.2 Å². The summed E-state index contributed by atoms with van der Waals surface area (Å²) in [5, 5.41) is 8.15. The second kappa shape index (κ2) is 11.4. The molecule has 1 N–H and O–H groups in total. The summed E-state index contributed by atoms with van der Waals surface area (Å²) >= 11 is 1.66. The summed E-state index contributed by atoms with van der Waals surface area (Å²) in [5.74, 6) is 2.34. The molecule has 2 aromatic rings. The Balaban J connectivity index is 1.59. The first-order valence-corrected chi connectivity index (χ1v) is 12.8. The van der Waals surface area contributed by atoms with E-state index in [-0.39, 0.29) is 37.5 Å². The van der Waals surface area contributed by atoms with Crippen LogP contribution in [0.25, 0.3) is 0 Å². The van der Waals surface area contributed by atoms with Gasteiger partial charge in [-0.2, -0.15) is 5.01 Å². The molecule has 2 aliphatic rings. The summed E-state index contributed by atoms with van der Waals surface area (Å²) in [6.07, 6.45) is 7.01. The Bertz CT molecular complexity index is 1070. The fourth-order valence-electron chi connectivity index (χ4n) is 4.74. The molecule has 0 aliphatic carbocycles. The molecule has 2 saturated heterocycles. The topological polar surface area (TPSA) is 76.2 Å². The monoisotopic (exact) mass is 493 g/mol. The Hall–Kier alpha value is -3.35. The van der Waals surface area contributed by atoms with Crippen molar-refractivity contribution >= 4 is 29.2 Å². The SMILES string of the molecule is C#CCN1CC(=O)N2[C@@H](CCC)C(=O)N(CCc3cccs3)C[C@@H]2N1C(=O)NCc1ccccc1. The van der Waals surface area contributed by atoms with Crippen molar-refractivity contribution in [1.82, 2.24) is 25.1 Å². The largest absolute Gasteiger partial charge is 0.337 e. The van der Waals surface area contributed by atoms with Gasteiger partial charge in [-0.3, -0.25) is 9.59 Å². The van der Waals surface area contributed by atoms with Crippen molar-refractivity contribution in [3.63, 3.8) is 0 Å². The van der Waals surface area contributed by atoms with E-state index in [1.165, 1.54) is 4.88 Å². The summed E-state index contributed by atoms with van der Waals surface area (Å²) in [7, 11) is 0. The normalized spacial score (nSPS) is 20.5. The molecule has 0 spiro atoms. The van der Waals surface area contributed by atoms with E-state index in [2.05, 4.69) is 17.3 Å². The molecule has 0 unspecified atom stereocenters. The van der Waals surface area contributed by atoms with Crippen LogP contribution in [-0.4, -0.2) is 76.0 Å². The van der Waals surface area contributed by atoms with Gasteiger partial charge in [0.25, 0.3) is 0 Å². The van der Waals surface area contributed by atoms with Gasteiger partial charge in [-0.25, -0.2) is 9.80 Å². The van der Waals surface area contributed by atoms with Crippen LogP contribution in [0.5, 0.6) is 0 Å². The number of fused-ring (bicyclic) bond motifs is 1. The summed E-state index contributed by atoms with van der Waals surface area (Å²) in [5.41, 5.74) is 0.967. The third-order valence-electron chi connectivity index (χ3n) is 6.37. The van der Waals surface area contributed by atoms with Crippen LogP contribution < -0.4 is 5.32 Å². The van der Waals surface area contributed by atoms with Gasteiger partial charge in [0.2, 0.25) is 11.8 Å². The highest BCUT2D eigenvalue weighted by molar-refractivity contribution is 7.09. The van der Waals surface area contributed by atoms with E-state index >= 15 is 0 Å². The number of piperazine rings is 1. The molecule has 1 aromatic heterocycles. The zero-order valence-corrected chi connectivity index (χ0v) is 20.7. The maximum Gasteiger partial charge on any atom is 0.334 e. The van der Waals surface area contributed by atoms with Gasteiger partial charge < -0.3 is 15.1 Å². The maximum absolute atomic E-state index is 13.5. The van der Waals surface area contributed by atoms with Crippen LogP contribution in [0.4, 0.5) is 4.79 Å². The van der Waals surface area contributed by atoms with Crippen LogP contribution in [0.2, 0.25) is 0 Å². The van der Waals surface area contributed by atoms with Crippen LogP contribution in [-0.2, 0) is 22.6 Å². The van der Waals surface area contributed by atoms with Crippen LogP contribution in [0.3, 0.4) is 0 Å². The fraction of sp³-hybridized carbons (Fsp3) is 0.423. The minimum atomic E-state index is -0.613. The van der Waals surface area contributed by atoms with Gasteiger partial charge in [-0.05, 0) is 29.9 Å². The third kappa shape index (κ3) is 5.50. The first kappa shape index (κ1) is 24.8. The number of rotatable bonds is 8. The van der Waals surface area contributed by atoms with E-state index in [0.29, 0.717) is 19.5 Å². The number of terminal acetylenes is 1. The molecular formula is C26H31N5O3S. The number of benzene rings is 1. The van der Waals surface area contributed by atoms with Crippen molar-refractivity contribution in [1.29, 1.82) is 0 Å². The molecular weight excluding hydrogens is 462 g/mol. The average Bonchev–Trinajstić information content (AvgIpc) is 3.38. The van der Waals surface area contributed by atoms with E-state index in [1.54, 1.807) is 31.2 Å². The number of hydrogen-bond donors (Lipinski definition) is 1. The highest BCUT2D eigenvalue weighted by atomic mass is 32.1. The van der Waals surface area contributed by atoms with Crippen molar-refractivity contribution in [3.05, 3.63) is 58.3 Å². The third-order valence-corrected chi connectivity index (χ3v) is 7.31. The number of urea groups is 1. The summed E-state index contributed by atoms with van der Waals surface area (Å²) in [6, 6.07) is 12.8. The summed E-state index contributed by atoms with van der Waals surface area (Å²) in [6.45, 7) is 3.21. The number of nitrogens with one attached hydrogen (secondary N) is 1. The first-order valence-electron chi connectivity index (χ1n) is 11.9. The maximum atomic E-state index is 13.5. The molecule has 4 rings (SSSR count). The van der Waals surface area contributed by atoms with Gasteiger partial charge >= 0.3 is 6.03 Å². The lowest BCUT2D eigenvalue weighted by molar-refractivity contribution is -0.189. The lowest BCUT2D eigenvalue weighted by Gasteiger charge is -2.55. The van der Waals surface area contributed by atoms with Gasteiger partial charge in [0.15, 0.2) is 0 Å². The molecule has 0 bridgehead atoms. The van der Waals surface area contributed by atoms with E-state index in [4.69, 9.17) is 6.42 Å². The second-order valence-electron chi connectivity index (χ2n) is 8.72. The predicted octanol–water partition coefficient (Wildman–Crippen LogP) is 2.53. The van der Waals surface area contributed by atoms with Crippen molar-refractivity contribution in [2.75, 3.05) is 26.2 Å². The molecule has 1 aromatic carbocycles. The molecule has 4 amide bonds. The molecule has 3 heterocycles. The van der Waals surface area contributed by atoms with Gasteiger partial charge in [-0.15, -0.1) is 17.8 Å². The van der Waals surface area contributed by atoms with E-state index in [1.807, 2.05) is 48.7 Å². The van der Waals surface area contributed by atoms with Crippen molar-refractivity contribution in [3.8, 4) is 12.3 Å². The second-order valence-corrected chi connectivity index (χ2v) is 9.75. The molecule has 184 valence electrons. The van der Waals surface area contributed by atoms with Crippen LogP contribution >= 0.6 is 11.3 Å². The molecule has 9 heteroatoms. The average molecular weight is 494 g/mol. The van der Waals surface area contributed by atoms with Crippen molar-refractivity contribution in [2.24, 2.45) is 0 Å². The Morgan fingerprint density at radius 2 is 2.00 bits per heavy atom. The smallest absolute Gasteiger partial charge is 0.334 e. The molecule has 0 saturated carbocycles. The molecule has 2 atom stereocenters. The molecule has 35 heavy (non-hydrogen) atoms. The highest BCUT2D eigenvalue weighted by Crippen LogP contribution is 2.28. The lowest BCUT2D eigenvalue weighted by Crippen LogP contribution is -2.76. The predicted molar refractivity (Wildman–Crippen MR) is 135 cm³/mol. The van der Waals surface area contributed by atoms with Gasteiger partial charge in [-0.1, -0.05) is 55.7 Å². The number of hydrazine groups is 1. The standard InChI is InChI=1S/C26H31N5O3S/c1-3-9-22-25(33)28(15-13-21-12-8-16-35-21)18-23-30(22)24(32)19-29(14-4-2)31(23)26(34)27-17-20-10-6-5-7-11-20/h2,5-8,10-12,16,22-23H,3,9,13-15,17-19H2,1H3,(H,27,34)/t22-,23-/m0/s1. The quantitative estimate of drug-likeness (QED) is 0.574. The number of hydrogen-bond acceptors (Lipinski definition) is 5. The Morgan fingerprint density at radius 1 is 1.20 bits per heavy atom. The summed E-state index contributed by atoms with van der Waals surface area (Å²) < 4.78 is 0. The van der Waals surface area contributed by atoms with E-state index in [0.717, 1.165) is 18.4 Å². The minimum Gasteiger partial charge on any atom is -0.337 e. The molecule has 2 fully saturated rings. The van der Waals surface area contributed by atoms with Crippen LogP contribution in [0.1, 0.15) is 30.2 Å². The number of carbonyl (C=O) groups excluding carboxylic acids is 3. The summed E-state index contributed by atoms with van der Waals surface area (Å²) in [4.78, 5) is 44.8. The van der Waals surface area contributed by atoms with Crippen LogP contribution in [0, 0.1) is 12.3 Å². The number of carbonyl (C=O) groups is 3. The molecule has 0 radical (unpaired) electrons. The highest BCUT2D eigenvalue weighted by Gasteiger charge is 2.50. The Kier molecular flexibility index (Phi) is 8.06. The van der Waals surface area contributed by atoms with E-state index in [9.17, 15) is 14.4 Å². The number of amides is 4. The Labute approximate surface area is 210 Å². The number of nitrogens with zero attached hydrogens (tertiary/aromatic N) is 4.